The summed E-state index contributed by atoms with van der Waals surface area (Å²) in [4.78, 5) is 16.1. The van der Waals surface area contributed by atoms with Crippen LogP contribution in [0.3, 0.4) is 0 Å². The Kier molecular flexibility index (Phi) is 4.45. The maximum atomic E-state index is 11.9. The Hall–Kier alpha value is -0.550. The number of pyridine rings is 1. The van der Waals surface area contributed by atoms with Gasteiger partial charge >= 0.3 is 0 Å². The Morgan fingerprint density at radius 3 is 3.00 bits per heavy atom. The summed E-state index contributed by atoms with van der Waals surface area (Å²) in [5, 5.41) is 3.74. The molecule has 2 rings (SSSR count). The number of hydrogen-bond donors (Lipinski definition) is 1. The van der Waals surface area contributed by atoms with Gasteiger partial charge in [-0.25, -0.2) is 4.98 Å². The zero-order valence-electron chi connectivity index (χ0n) is 9.65. The fourth-order valence-corrected chi connectivity index (χ4v) is 3.22. The van der Waals surface area contributed by atoms with Crippen LogP contribution in [0.5, 0.6) is 0 Å². The molecule has 1 fully saturated rings. The molecule has 0 bridgehead atoms. The van der Waals surface area contributed by atoms with Crippen LogP contribution in [0.15, 0.2) is 22.8 Å². The molecule has 1 heterocycles. The number of carbonyl (C=O) groups is 1. The minimum absolute atomic E-state index is 0.0712. The van der Waals surface area contributed by atoms with Crippen LogP contribution in [-0.2, 0) is 0 Å². The third-order valence-corrected chi connectivity index (χ3v) is 4.54. The molecular weight excluding hydrogens is 300 g/mol. The normalized spacial score (nSPS) is 23.6. The summed E-state index contributed by atoms with van der Waals surface area (Å²) in [6, 6.07) is 5.68. The van der Waals surface area contributed by atoms with E-state index in [1.165, 1.54) is 6.42 Å². The second-order valence-electron chi connectivity index (χ2n) is 4.19. The van der Waals surface area contributed by atoms with Crippen molar-refractivity contribution in [2.24, 2.45) is 0 Å². The van der Waals surface area contributed by atoms with Gasteiger partial charge in [-0.05, 0) is 53.6 Å². The summed E-state index contributed by atoms with van der Waals surface area (Å²) in [7, 11) is 0. The lowest BCUT2D eigenvalue weighted by Gasteiger charge is -2.12. The average Bonchev–Trinajstić information content (AvgIpc) is 2.77. The van der Waals surface area contributed by atoms with Gasteiger partial charge in [-0.2, -0.15) is 11.8 Å². The molecule has 0 spiro atoms. The highest BCUT2D eigenvalue weighted by Crippen LogP contribution is 2.28. The van der Waals surface area contributed by atoms with Crippen LogP contribution in [0, 0.1) is 0 Å². The predicted molar refractivity (Wildman–Crippen MR) is 74.3 cm³/mol. The first-order valence-electron chi connectivity index (χ1n) is 5.65. The topological polar surface area (TPSA) is 42.0 Å². The van der Waals surface area contributed by atoms with E-state index in [4.69, 9.17) is 0 Å². The van der Waals surface area contributed by atoms with Gasteiger partial charge in [0, 0.05) is 11.3 Å². The van der Waals surface area contributed by atoms with Gasteiger partial charge in [-0.1, -0.05) is 6.07 Å². The molecule has 1 amide bonds. The lowest BCUT2D eigenvalue weighted by atomic mass is 10.2. The second kappa shape index (κ2) is 5.87. The molecule has 3 nitrogen and oxygen atoms in total. The molecule has 5 heteroatoms. The Morgan fingerprint density at radius 1 is 1.53 bits per heavy atom. The molecule has 1 aromatic heterocycles. The number of nitrogens with zero attached hydrogens (tertiary/aromatic N) is 1. The van der Waals surface area contributed by atoms with E-state index in [0.717, 1.165) is 12.8 Å². The van der Waals surface area contributed by atoms with Gasteiger partial charge < -0.3 is 5.32 Å². The molecule has 0 saturated heterocycles. The van der Waals surface area contributed by atoms with Crippen molar-refractivity contribution >= 4 is 33.6 Å². The van der Waals surface area contributed by atoms with E-state index in [-0.39, 0.29) is 5.91 Å². The van der Waals surface area contributed by atoms with E-state index in [1.807, 2.05) is 23.9 Å². The average molecular weight is 315 g/mol. The number of hydrogen-bond acceptors (Lipinski definition) is 3. The zero-order chi connectivity index (χ0) is 12.3. The molecule has 1 saturated carbocycles. The summed E-state index contributed by atoms with van der Waals surface area (Å²) >= 11 is 5.16. The molecule has 17 heavy (non-hydrogen) atoms. The molecule has 2 unspecified atom stereocenters. The third-order valence-electron chi connectivity index (χ3n) is 3.00. The van der Waals surface area contributed by atoms with E-state index in [0.29, 0.717) is 21.6 Å². The lowest BCUT2D eigenvalue weighted by molar-refractivity contribution is 0.0933. The number of rotatable bonds is 3. The molecule has 0 aromatic carbocycles. The highest BCUT2D eigenvalue weighted by atomic mass is 79.9. The maximum Gasteiger partial charge on any atom is 0.270 e. The van der Waals surface area contributed by atoms with E-state index in [9.17, 15) is 4.79 Å². The summed E-state index contributed by atoms with van der Waals surface area (Å²) in [5.41, 5.74) is 0.479. The maximum absolute atomic E-state index is 11.9. The van der Waals surface area contributed by atoms with Crippen molar-refractivity contribution in [2.75, 3.05) is 6.26 Å². The van der Waals surface area contributed by atoms with Crippen LogP contribution in [0.25, 0.3) is 0 Å². The summed E-state index contributed by atoms with van der Waals surface area (Å²) in [5.74, 6) is -0.0712. The van der Waals surface area contributed by atoms with Crippen molar-refractivity contribution < 1.29 is 4.79 Å². The Morgan fingerprint density at radius 2 is 2.35 bits per heavy atom. The van der Waals surface area contributed by atoms with Gasteiger partial charge in [0.05, 0.1) is 0 Å². The number of amides is 1. The molecule has 1 N–H and O–H groups in total. The van der Waals surface area contributed by atoms with E-state index >= 15 is 0 Å². The number of carbonyl (C=O) groups excluding carboxylic acids is 1. The number of nitrogens with one attached hydrogen (secondary N) is 1. The van der Waals surface area contributed by atoms with Crippen LogP contribution in [-0.4, -0.2) is 28.4 Å². The van der Waals surface area contributed by atoms with E-state index in [1.54, 1.807) is 6.07 Å². The van der Waals surface area contributed by atoms with Crippen molar-refractivity contribution in [1.29, 1.82) is 0 Å². The molecule has 92 valence electrons. The number of halogens is 1. The highest BCUT2D eigenvalue weighted by molar-refractivity contribution is 9.10. The molecule has 1 aliphatic carbocycles. The van der Waals surface area contributed by atoms with Gasteiger partial charge in [0.25, 0.3) is 5.91 Å². The first-order chi connectivity index (χ1) is 8.19. The molecule has 1 aromatic rings. The van der Waals surface area contributed by atoms with E-state index in [2.05, 4.69) is 32.5 Å². The fourth-order valence-electron chi connectivity index (χ4n) is 2.08. The zero-order valence-corrected chi connectivity index (χ0v) is 12.1. The number of aromatic nitrogens is 1. The first kappa shape index (κ1) is 12.9. The van der Waals surface area contributed by atoms with Gasteiger partial charge in [-0.3, -0.25) is 4.79 Å². The fraction of sp³-hybridized carbons (Fsp3) is 0.500. The van der Waals surface area contributed by atoms with Crippen LogP contribution in [0.2, 0.25) is 0 Å². The smallest absolute Gasteiger partial charge is 0.270 e. The van der Waals surface area contributed by atoms with Gasteiger partial charge in [0.1, 0.15) is 10.3 Å². The Bertz CT molecular complexity index is 413. The molecule has 1 aliphatic rings. The van der Waals surface area contributed by atoms with Crippen molar-refractivity contribution in [1.82, 2.24) is 10.3 Å². The van der Waals surface area contributed by atoms with Crippen LogP contribution >= 0.6 is 27.7 Å². The lowest BCUT2D eigenvalue weighted by Crippen LogP contribution is -2.33. The summed E-state index contributed by atoms with van der Waals surface area (Å²) in [6.45, 7) is 0. The largest absolute Gasteiger partial charge is 0.348 e. The van der Waals surface area contributed by atoms with E-state index < -0.39 is 0 Å². The molecular formula is C12H15BrN2OS. The van der Waals surface area contributed by atoms with Crippen LogP contribution in [0.4, 0.5) is 0 Å². The number of thioether (sulfide) groups is 1. The first-order valence-corrected chi connectivity index (χ1v) is 7.73. The third kappa shape index (κ3) is 3.45. The van der Waals surface area contributed by atoms with Crippen molar-refractivity contribution in [3.63, 3.8) is 0 Å². The molecule has 0 aliphatic heterocycles. The van der Waals surface area contributed by atoms with Crippen LogP contribution in [0.1, 0.15) is 29.8 Å². The summed E-state index contributed by atoms with van der Waals surface area (Å²) in [6.07, 6.45) is 5.47. The van der Waals surface area contributed by atoms with Crippen LogP contribution < -0.4 is 5.32 Å². The van der Waals surface area contributed by atoms with Crippen molar-refractivity contribution in [3.05, 3.63) is 28.5 Å². The summed E-state index contributed by atoms with van der Waals surface area (Å²) < 4.78 is 0.693. The van der Waals surface area contributed by atoms with Gasteiger partial charge in [0.2, 0.25) is 0 Å². The molecule has 0 radical (unpaired) electrons. The monoisotopic (exact) mass is 314 g/mol. The van der Waals surface area contributed by atoms with Crippen molar-refractivity contribution in [2.45, 2.75) is 30.6 Å². The van der Waals surface area contributed by atoms with Gasteiger partial charge in [-0.15, -0.1) is 0 Å². The SMILES string of the molecule is CSC1CCC(NC(=O)c2cccc(Br)n2)C1. The minimum Gasteiger partial charge on any atom is -0.348 e. The van der Waals surface area contributed by atoms with Gasteiger partial charge in [0.15, 0.2) is 0 Å². The molecule has 2 atom stereocenters. The Balaban J connectivity index is 1.94. The highest BCUT2D eigenvalue weighted by Gasteiger charge is 2.25. The quantitative estimate of drug-likeness (QED) is 0.872. The van der Waals surface area contributed by atoms with Crippen molar-refractivity contribution in [3.8, 4) is 0 Å². The predicted octanol–water partition coefficient (Wildman–Crippen LogP) is 2.86. The second-order valence-corrected chi connectivity index (χ2v) is 6.14. The standard InChI is InChI=1S/C12H15BrN2OS/c1-17-9-6-5-8(7-9)14-12(16)10-3-2-4-11(13)15-10/h2-4,8-9H,5-7H2,1H3,(H,14,16). The Labute approximate surface area is 114 Å². The minimum atomic E-state index is -0.0712.